The molecular formula is C19H23N3O3. The van der Waals surface area contributed by atoms with Crippen molar-refractivity contribution in [1.29, 1.82) is 0 Å². The second-order valence-corrected chi connectivity index (χ2v) is 6.76. The van der Waals surface area contributed by atoms with Gasteiger partial charge in [0.1, 0.15) is 0 Å². The molecule has 1 N–H and O–H groups in total. The van der Waals surface area contributed by atoms with E-state index < -0.39 is 0 Å². The van der Waals surface area contributed by atoms with Gasteiger partial charge in [0, 0.05) is 44.0 Å². The molecule has 0 bridgehead atoms. The lowest BCUT2D eigenvalue weighted by Gasteiger charge is -2.39. The van der Waals surface area contributed by atoms with Crippen molar-refractivity contribution in [3.05, 3.63) is 54.2 Å². The first kappa shape index (κ1) is 16.3. The second kappa shape index (κ2) is 7.37. The van der Waals surface area contributed by atoms with Crippen LogP contribution in [0.3, 0.4) is 0 Å². The Morgan fingerprint density at radius 1 is 1.32 bits per heavy atom. The minimum atomic E-state index is -0.156. The number of ether oxygens (including phenoxy) is 1. The fraction of sp³-hybridized carbons (Fsp3) is 0.474. The molecule has 1 aliphatic heterocycles. The molecule has 0 radical (unpaired) electrons. The number of carbonyl (C=O) groups excluding carboxylic acids is 1. The predicted octanol–water partition coefficient (Wildman–Crippen LogP) is 2.08. The molecule has 2 aromatic rings. The lowest BCUT2D eigenvalue weighted by molar-refractivity contribution is -0.0757. The van der Waals surface area contributed by atoms with Crippen LogP contribution in [0.2, 0.25) is 0 Å². The average molecular weight is 341 g/mol. The number of fused-ring (bicyclic) bond motifs is 1. The molecule has 1 amide bonds. The van der Waals surface area contributed by atoms with E-state index in [1.165, 1.54) is 11.8 Å². The Morgan fingerprint density at radius 2 is 2.28 bits per heavy atom. The standard InChI is InChI=1S/C19H23N3O3/c23-19(17-4-2-9-24-17)21-12-15-5-6-16-18(15)25-10-8-22(16)13-14-3-1-7-20-11-14/h1-4,7,9,11,15-16,18H,5-6,8,10,12-13H2,(H,21,23)/t15-,16-,18-/m0/s1. The van der Waals surface area contributed by atoms with Gasteiger partial charge >= 0.3 is 0 Å². The normalized spacial score (nSPS) is 26.3. The molecule has 3 atom stereocenters. The summed E-state index contributed by atoms with van der Waals surface area (Å²) < 4.78 is 11.2. The first-order valence-corrected chi connectivity index (χ1v) is 8.87. The van der Waals surface area contributed by atoms with E-state index in [1.54, 1.807) is 18.3 Å². The van der Waals surface area contributed by atoms with Crippen molar-refractivity contribution in [3.63, 3.8) is 0 Å². The van der Waals surface area contributed by atoms with Crippen molar-refractivity contribution in [3.8, 4) is 0 Å². The molecule has 4 rings (SSSR count). The van der Waals surface area contributed by atoms with Gasteiger partial charge in [0.15, 0.2) is 5.76 Å². The van der Waals surface area contributed by atoms with Crippen molar-refractivity contribution in [2.45, 2.75) is 31.5 Å². The van der Waals surface area contributed by atoms with E-state index >= 15 is 0 Å². The van der Waals surface area contributed by atoms with Crippen LogP contribution in [0, 0.1) is 5.92 Å². The van der Waals surface area contributed by atoms with E-state index in [2.05, 4.69) is 21.3 Å². The van der Waals surface area contributed by atoms with Crippen LogP contribution < -0.4 is 5.32 Å². The number of hydrogen-bond donors (Lipinski definition) is 1. The molecule has 0 unspecified atom stereocenters. The van der Waals surface area contributed by atoms with Crippen LogP contribution in [0.25, 0.3) is 0 Å². The monoisotopic (exact) mass is 341 g/mol. The number of aromatic nitrogens is 1. The fourth-order valence-corrected chi connectivity index (χ4v) is 4.00. The molecule has 2 aliphatic rings. The highest BCUT2D eigenvalue weighted by atomic mass is 16.5. The highest BCUT2D eigenvalue weighted by Gasteiger charge is 2.42. The van der Waals surface area contributed by atoms with Crippen LogP contribution in [-0.2, 0) is 11.3 Å². The van der Waals surface area contributed by atoms with Gasteiger partial charge in [-0.2, -0.15) is 0 Å². The van der Waals surface area contributed by atoms with Gasteiger partial charge in [-0.3, -0.25) is 14.7 Å². The summed E-state index contributed by atoms with van der Waals surface area (Å²) >= 11 is 0. The Labute approximate surface area is 147 Å². The van der Waals surface area contributed by atoms with Gasteiger partial charge < -0.3 is 14.5 Å². The largest absolute Gasteiger partial charge is 0.459 e. The van der Waals surface area contributed by atoms with E-state index in [9.17, 15) is 4.79 Å². The maximum Gasteiger partial charge on any atom is 0.286 e. The van der Waals surface area contributed by atoms with Crippen LogP contribution in [0.1, 0.15) is 29.0 Å². The molecule has 25 heavy (non-hydrogen) atoms. The van der Waals surface area contributed by atoms with Gasteiger partial charge in [0.25, 0.3) is 5.91 Å². The molecule has 0 spiro atoms. The zero-order valence-corrected chi connectivity index (χ0v) is 14.1. The van der Waals surface area contributed by atoms with Crippen molar-refractivity contribution in [2.75, 3.05) is 19.7 Å². The number of pyridine rings is 1. The van der Waals surface area contributed by atoms with E-state index in [1.807, 2.05) is 12.3 Å². The predicted molar refractivity (Wildman–Crippen MR) is 91.9 cm³/mol. The number of furan rings is 1. The third-order valence-corrected chi connectivity index (χ3v) is 5.21. The van der Waals surface area contributed by atoms with Crippen molar-refractivity contribution < 1.29 is 13.9 Å². The summed E-state index contributed by atoms with van der Waals surface area (Å²) in [6.45, 7) is 3.22. The number of amides is 1. The molecular weight excluding hydrogens is 318 g/mol. The van der Waals surface area contributed by atoms with Gasteiger partial charge in [-0.05, 0) is 36.6 Å². The quantitative estimate of drug-likeness (QED) is 0.902. The number of rotatable bonds is 5. The number of nitrogens with one attached hydrogen (secondary N) is 1. The van der Waals surface area contributed by atoms with Crippen LogP contribution in [0.5, 0.6) is 0 Å². The number of morpholine rings is 1. The Morgan fingerprint density at radius 3 is 3.08 bits per heavy atom. The molecule has 2 fully saturated rings. The maximum absolute atomic E-state index is 12.1. The molecule has 1 aliphatic carbocycles. The van der Waals surface area contributed by atoms with E-state index in [-0.39, 0.29) is 12.0 Å². The zero-order valence-electron chi connectivity index (χ0n) is 14.1. The zero-order chi connectivity index (χ0) is 17.1. The summed E-state index contributed by atoms with van der Waals surface area (Å²) in [4.78, 5) is 18.8. The number of carbonyl (C=O) groups is 1. The van der Waals surface area contributed by atoms with Gasteiger partial charge in [-0.25, -0.2) is 0 Å². The van der Waals surface area contributed by atoms with Crippen molar-refractivity contribution in [2.24, 2.45) is 5.92 Å². The van der Waals surface area contributed by atoms with Crippen molar-refractivity contribution in [1.82, 2.24) is 15.2 Å². The highest BCUT2D eigenvalue weighted by Crippen LogP contribution is 2.35. The minimum absolute atomic E-state index is 0.156. The summed E-state index contributed by atoms with van der Waals surface area (Å²) in [5.74, 6) is 0.550. The van der Waals surface area contributed by atoms with Gasteiger partial charge in [0.2, 0.25) is 0 Å². The summed E-state index contributed by atoms with van der Waals surface area (Å²) in [5.41, 5.74) is 1.23. The molecule has 1 saturated heterocycles. The lowest BCUT2D eigenvalue weighted by Crippen LogP contribution is -2.50. The third kappa shape index (κ3) is 3.60. The van der Waals surface area contributed by atoms with E-state index in [4.69, 9.17) is 9.15 Å². The Bertz CT molecular complexity index is 689. The van der Waals surface area contributed by atoms with Crippen LogP contribution >= 0.6 is 0 Å². The Balaban J connectivity index is 1.35. The van der Waals surface area contributed by atoms with E-state index in [0.717, 1.165) is 32.5 Å². The Kier molecular flexibility index (Phi) is 4.81. The number of hydrogen-bond acceptors (Lipinski definition) is 5. The SMILES string of the molecule is O=C(NC[C@@H]1CC[C@H]2[C@H]1OCCN2Cc1cccnc1)c1ccco1. The van der Waals surface area contributed by atoms with Gasteiger partial charge in [-0.15, -0.1) is 0 Å². The first-order valence-electron chi connectivity index (χ1n) is 8.87. The molecule has 6 nitrogen and oxygen atoms in total. The summed E-state index contributed by atoms with van der Waals surface area (Å²) in [5, 5.41) is 2.98. The lowest BCUT2D eigenvalue weighted by atomic mass is 10.0. The molecule has 1 saturated carbocycles. The first-order chi connectivity index (χ1) is 12.3. The molecule has 3 heterocycles. The van der Waals surface area contributed by atoms with Crippen LogP contribution in [0.15, 0.2) is 47.3 Å². The summed E-state index contributed by atoms with van der Waals surface area (Å²) in [7, 11) is 0. The Hall–Kier alpha value is -2.18. The van der Waals surface area contributed by atoms with Crippen molar-refractivity contribution >= 4 is 5.91 Å². The van der Waals surface area contributed by atoms with Gasteiger partial charge in [-0.1, -0.05) is 6.07 Å². The minimum Gasteiger partial charge on any atom is -0.459 e. The highest BCUT2D eigenvalue weighted by molar-refractivity contribution is 5.91. The second-order valence-electron chi connectivity index (χ2n) is 6.76. The number of nitrogens with zero attached hydrogens (tertiary/aromatic N) is 2. The summed E-state index contributed by atoms with van der Waals surface area (Å²) in [6, 6.07) is 7.92. The van der Waals surface area contributed by atoms with Gasteiger partial charge in [0.05, 0.1) is 19.0 Å². The van der Waals surface area contributed by atoms with E-state index in [0.29, 0.717) is 24.3 Å². The maximum atomic E-state index is 12.1. The molecule has 132 valence electrons. The topological polar surface area (TPSA) is 67.6 Å². The third-order valence-electron chi connectivity index (χ3n) is 5.21. The molecule has 6 heteroatoms. The summed E-state index contributed by atoms with van der Waals surface area (Å²) in [6.07, 6.45) is 7.60. The van der Waals surface area contributed by atoms with Crippen LogP contribution in [-0.4, -0.2) is 47.6 Å². The average Bonchev–Trinajstić information content (AvgIpc) is 3.31. The molecule has 0 aromatic carbocycles. The van der Waals surface area contributed by atoms with Crippen LogP contribution in [0.4, 0.5) is 0 Å². The fourth-order valence-electron chi connectivity index (χ4n) is 4.00. The smallest absolute Gasteiger partial charge is 0.286 e. The molecule has 2 aromatic heterocycles.